The van der Waals surface area contributed by atoms with Crippen LogP contribution in [0.1, 0.15) is 65.2 Å². The Morgan fingerprint density at radius 3 is 2.30 bits per heavy atom. The molecule has 0 radical (unpaired) electrons. The highest BCUT2D eigenvalue weighted by atomic mass is 16.6. The third-order valence-electron chi connectivity index (χ3n) is 7.43. The summed E-state index contributed by atoms with van der Waals surface area (Å²) in [7, 11) is 0. The molecule has 0 aliphatic heterocycles. The molecule has 130 valence electrons. The van der Waals surface area contributed by atoms with E-state index in [0.717, 1.165) is 50.5 Å². The fraction of sp³-hybridized carbons (Fsp3) is 0.900. The number of aliphatic hydroxyl groups is 2. The molecule has 5 saturated carbocycles. The molecule has 0 saturated heterocycles. The monoisotopic (exact) mass is 320 g/mol. The van der Waals surface area contributed by atoms with Crippen LogP contribution in [0, 0.1) is 29.6 Å². The molecule has 3 heteroatoms. The molecule has 5 unspecified atom stereocenters. The lowest BCUT2D eigenvalue weighted by Gasteiger charge is -2.66. The molecule has 0 aromatic carbocycles. The standard InChI is InChI=1S/C20H32O3/c1-4-5-12(2)18(21)23-20-7-13-6-14(8-20)16-10-19(3,22)9-15(13)17(16)11-20/h13-18,21-22H,2,4-11H2,1,3H3. The highest BCUT2D eigenvalue weighted by Gasteiger charge is 2.63. The Morgan fingerprint density at radius 2 is 1.74 bits per heavy atom. The van der Waals surface area contributed by atoms with Gasteiger partial charge in [0.05, 0.1) is 11.2 Å². The third kappa shape index (κ3) is 2.60. The zero-order valence-corrected chi connectivity index (χ0v) is 14.6. The molecular formula is C20H32O3. The minimum atomic E-state index is -0.797. The van der Waals surface area contributed by atoms with Crippen LogP contribution in [-0.2, 0) is 4.74 Å². The molecule has 5 aliphatic rings. The second kappa shape index (κ2) is 5.31. The van der Waals surface area contributed by atoms with E-state index in [0.29, 0.717) is 29.6 Å². The predicted octanol–water partition coefficient (Wildman–Crippen LogP) is 3.64. The van der Waals surface area contributed by atoms with Crippen LogP contribution < -0.4 is 0 Å². The van der Waals surface area contributed by atoms with Gasteiger partial charge in [0.15, 0.2) is 6.29 Å². The summed E-state index contributed by atoms with van der Waals surface area (Å²) in [4.78, 5) is 0. The Bertz CT molecular complexity index is 473. The van der Waals surface area contributed by atoms with Crippen molar-refractivity contribution in [2.75, 3.05) is 0 Å². The lowest BCUT2D eigenvalue weighted by Crippen LogP contribution is -2.64. The quantitative estimate of drug-likeness (QED) is 0.600. The van der Waals surface area contributed by atoms with Crippen LogP contribution in [0.25, 0.3) is 0 Å². The second-order valence-corrected chi connectivity index (χ2v) is 9.33. The second-order valence-electron chi connectivity index (χ2n) is 9.33. The van der Waals surface area contributed by atoms with Gasteiger partial charge in [-0.05, 0) is 87.0 Å². The van der Waals surface area contributed by atoms with Crippen LogP contribution in [0.2, 0.25) is 0 Å². The maximum Gasteiger partial charge on any atom is 0.177 e. The summed E-state index contributed by atoms with van der Waals surface area (Å²) in [6.45, 7) is 8.15. The van der Waals surface area contributed by atoms with E-state index in [4.69, 9.17) is 4.74 Å². The summed E-state index contributed by atoms with van der Waals surface area (Å²) in [6.07, 6.45) is 7.52. The number of aliphatic hydroxyl groups excluding tert-OH is 1. The van der Waals surface area contributed by atoms with E-state index in [1.54, 1.807) is 0 Å². The minimum absolute atomic E-state index is 0.120. The lowest BCUT2D eigenvalue weighted by atomic mass is 9.41. The zero-order chi connectivity index (χ0) is 16.4. The van der Waals surface area contributed by atoms with E-state index in [2.05, 4.69) is 13.5 Å². The molecule has 6 bridgehead atoms. The van der Waals surface area contributed by atoms with Gasteiger partial charge < -0.3 is 14.9 Å². The highest BCUT2D eigenvalue weighted by molar-refractivity contribution is 5.14. The number of hydrogen-bond donors (Lipinski definition) is 2. The summed E-state index contributed by atoms with van der Waals surface area (Å²) in [5, 5.41) is 21.1. The van der Waals surface area contributed by atoms with Gasteiger partial charge >= 0.3 is 0 Å². The van der Waals surface area contributed by atoms with E-state index < -0.39 is 11.9 Å². The van der Waals surface area contributed by atoms with Crippen molar-refractivity contribution in [3.63, 3.8) is 0 Å². The predicted molar refractivity (Wildman–Crippen MR) is 89.6 cm³/mol. The Morgan fingerprint density at radius 1 is 1.13 bits per heavy atom. The van der Waals surface area contributed by atoms with E-state index in [1.807, 2.05) is 6.92 Å². The summed E-state index contributed by atoms with van der Waals surface area (Å²) in [5.74, 6) is 3.42. The Hall–Kier alpha value is -0.380. The van der Waals surface area contributed by atoms with Crippen LogP contribution in [0.15, 0.2) is 12.2 Å². The van der Waals surface area contributed by atoms with E-state index in [9.17, 15) is 10.2 Å². The number of rotatable bonds is 5. The maximum atomic E-state index is 10.6. The molecule has 23 heavy (non-hydrogen) atoms. The molecule has 0 heterocycles. The molecular weight excluding hydrogens is 288 g/mol. The number of hydrogen-bond acceptors (Lipinski definition) is 3. The first kappa shape index (κ1) is 16.1. The van der Waals surface area contributed by atoms with Gasteiger partial charge in [-0.15, -0.1) is 0 Å². The van der Waals surface area contributed by atoms with E-state index in [1.165, 1.54) is 6.42 Å². The molecule has 5 aliphatic carbocycles. The van der Waals surface area contributed by atoms with Crippen LogP contribution in [-0.4, -0.2) is 27.7 Å². The van der Waals surface area contributed by atoms with Crippen LogP contribution >= 0.6 is 0 Å². The summed E-state index contributed by atoms with van der Waals surface area (Å²) >= 11 is 0. The molecule has 5 atom stereocenters. The van der Waals surface area contributed by atoms with Crippen LogP contribution in [0.3, 0.4) is 0 Å². The Kier molecular flexibility index (Phi) is 3.72. The third-order valence-corrected chi connectivity index (χ3v) is 7.43. The highest BCUT2D eigenvalue weighted by Crippen LogP contribution is 2.66. The molecule has 0 amide bonds. The van der Waals surface area contributed by atoms with Crippen molar-refractivity contribution < 1.29 is 14.9 Å². The first-order chi connectivity index (χ1) is 10.8. The molecule has 2 N–H and O–H groups in total. The Balaban J connectivity index is 1.52. The molecule has 5 rings (SSSR count). The lowest BCUT2D eigenvalue weighted by molar-refractivity contribution is -0.271. The fourth-order valence-electron chi connectivity index (χ4n) is 6.81. The van der Waals surface area contributed by atoms with Crippen molar-refractivity contribution in [1.29, 1.82) is 0 Å². The van der Waals surface area contributed by atoms with Crippen molar-refractivity contribution in [1.82, 2.24) is 0 Å². The zero-order valence-electron chi connectivity index (χ0n) is 14.6. The first-order valence-corrected chi connectivity index (χ1v) is 9.58. The van der Waals surface area contributed by atoms with Crippen LogP contribution in [0.5, 0.6) is 0 Å². The normalized spacial score (nSPS) is 51.7. The van der Waals surface area contributed by atoms with E-state index >= 15 is 0 Å². The van der Waals surface area contributed by atoms with Gasteiger partial charge in [-0.3, -0.25) is 0 Å². The summed E-state index contributed by atoms with van der Waals surface area (Å²) in [6, 6.07) is 0. The van der Waals surface area contributed by atoms with Crippen LogP contribution in [0.4, 0.5) is 0 Å². The van der Waals surface area contributed by atoms with Crippen molar-refractivity contribution in [3.8, 4) is 0 Å². The molecule has 5 fully saturated rings. The first-order valence-electron chi connectivity index (χ1n) is 9.58. The van der Waals surface area contributed by atoms with E-state index in [-0.39, 0.29) is 5.60 Å². The topological polar surface area (TPSA) is 49.7 Å². The Labute approximate surface area is 140 Å². The average molecular weight is 320 g/mol. The fourth-order valence-corrected chi connectivity index (χ4v) is 6.81. The van der Waals surface area contributed by atoms with Gasteiger partial charge in [0.25, 0.3) is 0 Å². The molecule has 0 aromatic rings. The smallest absolute Gasteiger partial charge is 0.177 e. The molecule has 3 nitrogen and oxygen atoms in total. The van der Waals surface area contributed by atoms with Gasteiger partial charge in [-0.1, -0.05) is 19.9 Å². The summed E-state index contributed by atoms with van der Waals surface area (Å²) < 4.78 is 6.28. The van der Waals surface area contributed by atoms with Gasteiger partial charge in [0, 0.05) is 0 Å². The van der Waals surface area contributed by atoms with Crippen molar-refractivity contribution in [2.24, 2.45) is 29.6 Å². The summed E-state index contributed by atoms with van der Waals surface area (Å²) in [5.41, 5.74) is 0.242. The minimum Gasteiger partial charge on any atom is -0.390 e. The van der Waals surface area contributed by atoms with Crippen molar-refractivity contribution in [2.45, 2.75) is 82.7 Å². The van der Waals surface area contributed by atoms with Gasteiger partial charge in [0.1, 0.15) is 0 Å². The average Bonchev–Trinajstić information content (AvgIpc) is 2.45. The van der Waals surface area contributed by atoms with Gasteiger partial charge in [-0.2, -0.15) is 0 Å². The van der Waals surface area contributed by atoms with Crippen molar-refractivity contribution >= 4 is 0 Å². The SMILES string of the molecule is C=C(CCC)C(O)OC12CC3CC(C1)C1CC(C)(O)CC3C1C2. The largest absolute Gasteiger partial charge is 0.390 e. The molecule has 0 spiro atoms. The van der Waals surface area contributed by atoms with Crippen molar-refractivity contribution in [3.05, 3.63) is 12.2 Å². The van der Waals surface area contributed by atoms with Gasteiger partial charge in [-0.25, -0.2) is 0 Å². The van der Waals surface area contributed by atoms with Gasteiger partial charge in [0.2, 0.25) is 0 Å². The molecule has 0 aromatic heterocycles. The number of ether oxygens (including phenoxy) is 1. The maximum absolute atomic E-state index is 10.6.